The SMILES string of the molecule is Cc1cc(NO)c([N+](=O)[O-])cc1N.OC1CC1. The second-order valence-electron chi connectivity index (χ2n) is 3.83. The lowest BCUT2D eigenvalue weighted by atomic mass is 10.1. The molecule has 0 atom stereocenters. The first kappa shape index (κ1) is 13.2. The number of anilines is 2. The zero-order valence-corrected chi connectivity index (χ0v) is 9.38. The van der Waals surface area contributed by atoms with Crippen LogP contribution in [0, 0.1) is 17.0 Å². The normalized spacial score (nSPS) is 13.6. The number of hydrogen-bond donors (Lipinski definition) is 4. The van der Waals surface area contributed by atoms with Gasteiger partial charge in [0.25, 0.3) is 5.69 Å². The second kappa shape index (κ2) is 5.46. The van der Waals surface area contributed by atoms with Gasteiger partial charge in [-0.05, 0) is 31.4 Å². The zero-order valence-electron chi connectivity index (χ0n) is 9.38. The van der Waals surface area contributed by atoms with Crippen molar-refractivity contribution in [2.75, 3.05) is 11.2 Å². The fourth-order valence-corrected chi connectivity index (χ4v) is 1.03. The highest BCUT2D eigenvalue weighted by Gasteiger charge is 2.15. The molecule has 94 valence electrons. The van der Waals surface area contributed by atoms with Gasteiger partial charge in [0.05, 0.1) is 11.0 Å². The Balaban J connectivity index is 0.000000302. The topological polar surface area (TPSA) is 122 Å². The number of rotatable bonds is 2. The van der Waals surface area contributed by atoms with Gasteiger partial charge in [-0.15, -0.1) is 0 Å². The van der Waals surface area contributed by atoms with E-state index in [4.69, 9.17) is 16.0 Å². The van der Waals surface area contributed by atoms with Gasteiger partial charge >= 0.3 is 0 Å². The van der Waals surface area contributed by atoms with Crippen molar-refractivity contribution in [2.45, 2.75) is 25.9 Å². The van der Waals surface area contributed by atoms with Gasteiger partial charge < -0.3 is 10.8 Å². The van der Waals surface area contributed by atoms with Crippen molar-refractivity contribution in [2.24, 2.45) is 0 Å². The highest BCUT2D eigenvalue weighted by molar-refractivity contribution is 5.68. The molecular formula is C10H15N3O4. The minimum Gasteiger partial charge on any atom is -0.398 e. The van der Waals surface area contributed by atoms with Crippen LogP contribution in [0.1, 0.15) is 18.4 Å². The third kappa shape index (κ3) is 3.89. The highest BCUT2D eigenvalue weighted by atomic mass is 16.6. The van der Waals surface area contributed by atoms with Crippen LogP contribution in [0.3, 0.4) is 0 Å². The van der Waals surface area contributed by atoms with Crippen molar-refractivity contribution < 1.29 is 15.2 Å². The van der Waals surface area contributed by atoms with Crippen molar-refractivity contribution in [3.8, 4) is 0 Å². The van der Waals surface area contributed by atoms with E-state index in [-0.39, 0.29) is 17.5 Å². The number of hydrogen-bond acceptors (Lipinski definition) is 6. The van der Waals surface area contributed by atoms with E-state index in [0.29, 0.717) is 11.3 Å². The van der Waals surface area contributed by atoms with Gasteiger partial charge in [0.2, 0.25) is 0 Å². The van der Waals surface area contributed by atoms with Crippen molar-refractivity contribution in [1.82, 2.24) is 0 Å². The van der Waals surface area contributed by atoms with Gasteiger partial charge in [0, 0.05) is 11.8 Å². The molecule has 0 saturated heterocycles. The Hall–Kier alpha value is -1.86. The quantitative estimate of drug-likeness (QED) is 0.353. The summed E-state index contributed by atoms with van der Waals surface area (Å²) in [6.07, 6.45) is 2.17. The van der Waals surface area contributed by atoms with Gasteiger partial charge in [-0.1, -0.05) is 0 Å². The Morgan fingerprint density at radius 3 is 2.41 bits per heavy atom. The maximum Gasteiger partial charge on any atom is 0.296 e. The van der Waals surface area contributed by atoms with Crippen LogP contribution in [0.15, 0.2) is 12.1 Å². The molecule has 7 nitrogen and oxygen atoms in total. The molecule has 17 heavy (non-hydrogen) atoms. The first-order valence-corrected chi connectivity index (χ1v) is 5.08. The molecule has 1 aromatic carbocycles. The monoisotopic (exact) mass is 241 g/mol. The molecule has 0 heterocycles. The highest BCUT2D eigenvalue weighted by Crippen LogP contribution is 2.28. The van der Waals surface area contributed by atoms with Gasteiger partial charge in [0.1, 0.15) is 5.69 Å². The first-order chi connectivity index (χ1) is 7.95. The summed E-state index contributed by atoms with van der Waals surface area (Å²) < 4.78 is 0. The van der Waals surface area contributed by atoms with Crippen molar-refractivity contribution in [1.29, 1.82) is 0 Å². The minimum absolute atomic E-state index is 0.0386. The van der Waals surface area contributed by atoms with Gasteiger partial charge in [-0.2, -0.15) is 0 Å². The average Bonchev–Trinajstić information content (AvgIpc) is 3.04. The summed E-state index contributed by atoms with van der Waals surface area (Å²) in [6, 6.07) is 2.61. The van der Waals surface area contributed by atoms with E-state index < -0.39 is 4.92 Å². The standard InChI is InChI=1S/C7H9N3O3.C3H6O/c1-4-2-6(9-11)7(10(12)13)3-5(4)8;4-3-1-2-3/h2-3,9,11H,8H2,1H3;3-4H,1-2H2. The third-order valence-electron chi connectivity index (χ3n) is 2.25. The summed E-state index contributed by atoms with van der Waals surface area (Å²) in [5.74, 6) is 0. The molecule has 0 bridgehead atoms. The molecular weight excluding hydrogens is 226 g/mol. The summed E-state index contributed by atoms with van der Waals surface area (Å²) in [4.78, 5) is 9.83. The summed E-state index contributed by atoms with van der Waals surface area (Å²) in [5.41, 5.74) is 8.00. The number of aliphatic hydroxyl groups excluding tert-OH is 1. The molecule has 2 rings (SSSR count). The average molecular weight is 241 g/mol. The molecule has 1 saturated carbocycles. The molecule has 7 heteroatoms. The molecule has 0 amide bonds. The molecule has 5 N–H and O–H groups in total. The maximum absolute atomic E-state index is 10.4. The number of aryl methyl sites for hydroxylation is 1. The molecule has 0 aromatic heterocycles. The maximum atomic E-state index is 10.4. The molecule has 0 spiro atoms. The molecule has 0 unspecified atom stereocenters. The number of nitrogens with zero attached hydrogens (tertiary/aromatic N) is 1. The van der Waals surface area contributed by atoms with Crippen molar-refractivity contribution in [3.05, 3.63) is 27.8 Å². The van der Waals surface area contributed by atoms with E-state index in [2.05, 4.69) is 0 Å². The number of nitrogen functional groups attached to an aromatic ring is 1. The van der Waals surface area contributed by atoms with E-state index in [0.717, 1.165) is 12.8 Å². The van der Waals surface area contributed by atoms with Gasteiger partial charge in [-0.3, -0.25) is 20.8 Å². The summed E-state index contributed by atoms with van der Waals surface area (Å²) in [6.45, 7) is 1.69. The molecule has 0 radical (unpaired) electrons. The number of nitrogens with two attached hydrogens (primary N) is 1. The largest absolute Gasteiger partial charge is 0.398 e. The predicted molar refractivity (Wildman–Crippen MR) is 62.9 cm³/mol. The molecule has 1 aliphatic rings. The van der Waals surface area contributed by atoms with Crippen LogP contribution in [-0.2, 0) is 0 Å². The van der Waals surface area contributed by atoms with Crippen molar-refractivity contribution in [3.63, 3.8) is 0 Å². The Morgan fingerprint density at radius 2 is 2.06 bits per heavy atom. The fourth-order valence-electron chi connectivity index (χ4n) is 1.03. The third-order valence-corrected chi connectivity index (χ3v) is 2.25. The summed E-state index contributed by atoms with van der Waals surface area (Å²) >= 11 is 0. The van der Waals surface area contributed by atoms with E-state index in [1.165, 1.54) is 12.1 Å². The number of nitro groups is 1. The predicted octanol–water partition coefficient (Wildman–Crippen LogP) is 1.43. The van der Waals surface area contributed by atoms with Crippen LogP contribution < -0.4 is 11.2 Å². The van der Waals surface area contributed by atoms with Crippen LogP contribution in [0.5, 0.6) is 0 Å². The smallest absolute Gasteiger partial charge is 0.296 e. The van der Waals surface area contributed by atoms with Gasteiger partial charge in [0.15, 0.2) is 0 Å². The van der Waals surface area contributed by atoms with Crippen molar-refractivity contribution >= 4 is 17.1 Å². The van der Waals surface area contributed by atoms with Crippen LogP contribution in [0.2, 0.25) is 0 Å². The lowest BCUT2D eigenvalue weighted by molar-refractivity contribution is -0.384. The Morgan fingerprint density at radius 1 is 1.53 bits per heavy atom. The van der Waals surface area contributed by atoms with E-state index >= 15 is 0 Å². The number of nitrogens with one attached hydrogen (secondary N) is 1. The van der Waals surface area contributed by atoms with Gasteiger partial charge in [-0.25, -0.2) is 0 Å². The Bertz CT molecular complexity index is 418. The Labute approximate surface area is 98.0 Å². The Kier molecular flexibility index (Phi) is 4.24. The minimum atomic E-state index is -0.617. The zero-order chi connectivity index (χ0) is 13.0. The number of aliphatic hydroxyl groups is 1. The summed E-state index contributed by atoms with van der Waals surface area (Å²) in [5, 5.41) is 27.2. The second-order valence-corrected chi connectivity index (χ2v) is 3.83. The van der Waals surface area contributed by atoms with Crippen LogP contribution in [0.25, 0.3) is 0 Å². The van der Waals surface area contributed by atoms with E-state index in [9.17, 15) is 10.1 Å². The number of nitro benzene ring substituents is 1. The van der Waals surface area contributed by atoms with E-state index in [1.807, 2.05) is 0 Å². The number of benzene rings is 1. The first-order valence-electron chi connectivity index (χ1n) is 5.08. The molecule has 1 aromatic rings. The molecule has 1 aliphatic carbocycles. The van der Waals surface area contributed by atoms with Crippen LogP contribution in [0.4, 0.5) is 17.1 Å². The molecule has 1 fully saturated rings. The van der Waals surface area contributed by atoms with E-state index in [1.54, 1.807) is 12.4 Å². The summed E-state index contributed by atoms with van der Waals surface area (Å²) in [7, 11) is 0. The fraction of sp³-hybridized carbons (Fsp3) is 0.400. The van der Waals surface area contributed by atoms with Crippen LogP contribution >= 0.6 is 0 Å². The lowest BCUT2D eigenvalue weighted by Gasteiger charge is -2.04. The van der Waals surface area contributed by atoms with Crippen LogP contribution in [-0.4, -0.2) is 21.3 Å². The molecule has 0 aliphatic heterocycles. The lowest BCUT2D eigenvalue weighted by Crippen LogP contribution is -2.00.